The summed E-state index contributed by atoms with van der Waals surface area (Å²) in [6.07, 6.45) is 58.1. The number of hydrogen-bond donors (Lipinski definition) is 0. The molecule has 0 heterocycles. The molecule has 6 heteroatoms. The maximum absolute atomic E-state index is 12.8. The van der Waals surface area contributed by atoms with Crippen LogP contribution in [-0.2, 0) is 28.6 Å². The molecule has 0 aromatic rings. The molecule has 0 spiro atoms. The van der Waals surface area contributed by atoms with Crippen LogP contribution in [0.25, 0.3) is 0 Å². The fraction of sp³-hybridized carbons (Fsp3) is 0.949. The molecular weight excluding hydrogens is 805 g/mol. The second kappa shape index (κ2) is 53.4. The summed E-state index contributed by atoms with van der Waals surface area (Å²) in [5, 5.41) is 0. The van der Waals surface area contributed by atoms with E-state index in [0.29, 0.717) is 19.3 Å². The van der Waals surface area contributed by atoms with E-state index in [2.05, 4.69) is 27.7 Å². The first kappa shape index (κ1) is 63.4. The van der Waals surface area contributed by atoms with Gasteiger partial charge in [-0.05, 0) is 25.2 Å². The van der Waals surface area contributed by atoms with Gasteiger partial charge in [-0.3, -0.25) is 14.4 Å². The molecule has 0 bridgehead atoms. The molecule has 0 fully saturated rings. The van der Waals surface area contributed by atoms with Crippen molar-refractivity contribution in [2.75, 3.05) is 13.2 Å². The van der Waals surface area contributed by atoms with Crippen LogP contribution in [0.5, 0.6) is 0 Å². The maximum Gasteiger partial charge on any atom is 0.306 e. The lowest BCUT2D eigenvalue weighted by molar-refractivity contribution is -0.167. The zero-order chi connectivity index (χ0) is 47.4. The lowest BCUT2D eigenvalue weighted by Crippen LogP contribution is -2.30. The molecule has 1 atom stereocenters. The van der Waals surface area contributed by atoms with Crippen LogP contribution in [0.4, 0.5) is 0 Å². The Hall–Kier alpha value is -1.59. The van der Waals surface area contributed by atoms with Gasteiger partial charge in [0.05, 0.1) is 0 Å². The van der Waals surface area contributed by atoms with E-state index in [1.807, 2.05) is 0 Å². The van der Waals surface area contributed by atoms with Crippen molar-refractivity contribution in [3.63, 3.8) is 0 Å². The molecule has 0 aliphatic heterocycles. The van der Waals surface area contributed by atoms with Gasteiger partial charge < -0.3 is 14.2 Å². The molecular formula is C59H114O6. The van der Waals surface area contributed by atoms with Gasteiger partial charge in [0, 0.05) is 19.3 Å². The summed E-state index contributed by atoms with van der Waals surface area (Å²) in [7, 11) is 0. The molecule has 0 aromatic heterocycles. The molecule has 0 saturated heterocycles. The van der Waals surface area contributed by atoms with Crippen molar-refractivity contribution >= 4 is 17.9 Å². The fourth-order valence-electron chi connectivity index (χ4n) is 9.10. The lowest BCUT2D eigenvalue weighted by atomic mass is 10.0. The zero-order valence-electron chi connectivity index (χ0n) is 44.5. The van der Waals surface area contributed by atoms with Gasteiger partial charge in [0.1, 0.15) is 13.2 Å². The van der Waals surface area contributed by atoms with Crippen molar-refractivity contribution in [2.45, 2.75) is 342 Å². The molecule has 0 unspecified atom stereocenters. The van der Waals surface area contributed by atoms with Crippen molar-refractivity contribution in [1.82, 2.24) is 0 Å². The first-order chi connectivity index (χ1) is 31.9. The third kappa shape index (κ3) is 53.2. The Labute approximate surface area is 406 Å². The first-order valence-electron chi connectivity index (χ1n) is 29.4. The lowest BCUT2D eigenvalue weighted by Gasteiger charge is -2.18. The van der Waals surface area contributed by atoms with Gasteiger partial charge in [0.2, 0.25) is 0 Å². The number of hydrogen-bond acceptors (Lipinski definition) is 6. The van der Waals surface area contributed by atoms with Crippen molar-refractivity contribution in [1.29, 1.82) is 0 Å². The first-order valence-corrected chi connectivity index (χ1v) is 29.4. The normalized spacial score (nSPS) is 12.0. The summed E-state index contributed by atoms with van der Waals surface area (Å²) in [6.45, 7) is 9.06. The van der Waals surface area contributed by atoms with E-state index in [4.69, 9.17) is 14.2 Å². The number of unbranched alkanes of at least 4 members (excludes halogenated alkanes) is 41. The maximum atomic E-state index is 12.8. The van der Waals surface area contributed by atoms with Gasteiger partial charge in [-0.15, -0.1) is 0 Å². The Kier molecular flexibility index (Phi) is 52.1. The SMILES string of the molecule is CCCCCCCCCCCCCCCCCCCCCC(=O)OC[C@H](COC(=O)CCCCCCCCCCCC)OC(=O)CCCCCCCCCCCCCCCCCC(C)C. The summed E-state index contributed by atoms with van der Waals surface area (Å²) in [6, 6.07) is 0. The summed E-state index contributed by atoms with van der Waals surface area (Å²) in [4.78, 5) is 38.1. The highest BCUT2D eigenvalue weighted by molar-refractivity contribution is 5.71. The molecule has 6 nitrogen and oxygen atoms in total. The van der Waals surface area contributed by atoms with Crippen LogP contribution in [0.2, 0.25) is 0 Å². The molecule has 0 aromatic carbocycles. The van der Waals surface area contributed by atoms with Crippen molar-refractivity contribution < 1.29 is 28.6 Å². The average molecular weight is 920 g/mol. The molecule has 0 aliphatic carbocycles. The summed E-state index contributed by atoms with van der Waals surface area (Å²) >= 11 is 0. The highest BCUT2D eigenvalue weighted by Gasteiger charge is 2.19. The zero-order valence-corrected chi connectivity index (χ0v) is 44.5. The molecule has 386 valence electrons. The topological polar surface area (TPSA) is 78.9 Å². The monoisotopic (exact) mass is 919 g/mol. The predicted molar refractivity (Wildman–Crippen MR) is 280 cm³/mol. The van der Waals surface area contributed by atoms with Gasteiger partial charge in [-0.2, -0.15) is 0 Å². The molecule has 65 heavy (non-hydrogen) atoms. The minimum Gasteiger partial charge on any atom is -0.462 e. The Balaban J connectivity index is 4.22. The minimum absolute atomic E-state index is 0.0618. The molecule has 0 radical (unpaired) electrons. The number of esters is 3. The van der Waals surface area contributed by atoms with E-state index in [-0.39, 0.29) is 31.1 Å². The number of rotatable bonds is 54. The van der Waals surface area contributed by atoms with E-state index in [9.17, 15) is 14.4 Å². The number of carbonyl (C=O) groups excluding carboxylic acids is 3. The Morgan fingerprint density at radius 2 is 0.508 bits per heavy atom. The van der Waals surface area contributed by atoms with E-state index < -0.39 is 6.10 Å². The highest BCUT2D eigenvalue weighted by atomic mass is 16.6. The Morgan fingerprint density at radius 3 is 0.754 bits per heavy atom. The van der Waals surface area contributed by atoms with Gasteiger partial charge in [0.15, 0.2) is 6.10 Å². The van der Waals surface area contributed by atoms with E-state index >= 15 is 0 Å². The van der Waals surface area contributed by atoms with Gasteiger partial charge >= 0.3 is 17.9 Å². The predicted octanol–water partition coefficient (Wildman–Crippen LogP) is 19.4. The van der Waals surface area contributed by atoms with Crippen LogP contribution in [0.3, 0.4) is 0 Å². The van der Waals surface area contributed by atoms with Crippen LogP contribution in [0.1, 0.15) is 336 Å². The molecule has 0 aliphatic rings. The Morgan fingerprint density at radius 1 is 0.292 bits per heavy atom. The number of carbonyl (C=O) groups is 3. The van der Waals surface area contributed by atoms with Crippen LogP contribution < -0.4 is 0 Å². The quantitative estimate of drug-likeness (QED) is 0.0344. The third-order valence-corrected chi connectivity index (χ3v) is 13.5. The second-order valence-electron chi connectivity index (χ2n) is 20.8. The van der Waals surface area contributed by atoms with Gasteiger partial charge in [0.25, 0.3) is 0 Å². The Bertz CT molecular complexity index is 980. The molecule has 0 rings (SSSR count). The van der Waals surface area contributed by atoms with Crippen LogP contribution in [0, 0.1) is 5.92 Å². The van der Waals surface area contributed by atoms with Crippen molar-refractivity contribution in [2.24, 2.45) is 5.92 Å². The second-order valence-corrected chi connectivity index (χ2v) is 20.8. The summed E-state index contributed by atoms with van der Waals surface area (Å²) in [5.74, 6) is 0.0114. The molecule has 0 saturated carbocycles. The van der Waals surface area contributed by atoms with Crippen molar-refractivity contribution in [3.05, 3.63) is 0 Å². The third-order valence-electron chi connectivity index (χ3n) is 13.5. The van der Waals surface area contributed by atoms with Crippen LogP contribution >= 0.6 is 0 Å². The van der Waals surface area contributed by atoms with Crippen LogP contribution in [0.15, 0.2) is 0 Å². The average Bonchev–Trinajstić information content (AvgIpc) is 3.29. The standard InChI is InChI=1S/C59H114O6/c1-5-7-9-11-13-15-17-18-19-20-21-22-25-28-31-35-39-43-47-51-58(61)64-54-56(53-63-57(60)50-46-42-38-34-16-14-12-10-8-6-2)65-59(62)52-48-44-40-36-32-29-26-23-24-27-30-33-37-41-45-49-55(3)4/h55-56H,5-54H2,1-4H3/t56-/m0/s1. The molecule has 0 amide bonds. The van der Waals surface area contributed by atoms with Gasteiger partial charge in [-0.25, -0.2) is 0 Å². The van der Waals surface area contributed by atoms with Gasteiger partial charge in [-0.1, -0.05) is 297 Å². The fourth-order valence-corrected chi connectivity index (χ4v) is 9.10. The van der Waals surface area contributed by atoms with Crippen LogP contribution in [-0.4, -0.2) is 37.2 Å². The van der Waals surface area contributed by atoms with E-state index in [1.54, 1.807) is 0 Å². The van der Waals surface area contributed by atoms with E-state index in [0.717, 1.165) is 63.7 Å². The largest absolute Gasteiger partial charge is 0.462 e. The molecule has 0 N–H and O–H groups in total. The van der Waals surface area contributed by atoms with Crippen molar-refractivity contribution in [3.8, 4) is 0 Å². The number of ether oxygens (including phenoxy) is 3. The smallest absolute Gasteiger partial charge is 0.306 e. The minimum atomic E-state index is -0.761. The summed E-state index contributed by atoms with van der Waals surface area (Å²) in [5.41, 5.74) is 0. The highest BCUT2D eigenvalue weighted by Crippen LogP contribution is 2.18. The van der Waals surface area contributed by atoms with E-state index in [1.165, 1.54) is 231 Å². The summed E-state index contributed by atoms with van der Waals surface area (Å²) < 4.78 is 16.9.